The topological polar surface area (TPSA) is 74.2 Å². The first-order valence-corrected chi connectivity index (χ1v) is 5.95. The summed E-state index contributed by atoms with van der Waals surface area (Å²) in [7, 11) is 1.56. The lowest BCUT2D eigenvalue weighted by Crippen LogP contribution is -2.13. The highest BCUT2D eigenvalue weighted by Crippen LogP contribution is 2.28. The van der Waals surface area contributed by atoms with Crippen molar-refractivity contribution in [2.24, 2.45) is 5.73 Å². The molecule has 2 rings (SSSR count). The van der Waals surface area contributed by atoms with E-state index in [1.165, 1.54) is 0 Å². The normalized spacial score (nSPS) is 12.4. The molecule has 0 bridgehead atoms. The van der Waals surface area contributed by atoms with Gasteiger partial charge in [-0.15, -0.1) is 0 Å². The van der Waals surface area contributed by atoms with Crippen LogP contribution in [-0.4, -0.2) is 17.3 Å². The third-order valence-electron chi connectivity index (χ3n) is 2.60. The average Bonchev–Trinajstić information content (AvgIpc) is 2.86. The summed E-state index contributed by atoms with van der Waals surface area (Å²) < 4.78 is 10.1. The van der Waals surface area contributed by atoms with Crippen LogP contribution < -0.4 is 10.5 Å². The summed E-state index contributed by atoms with van der Waals surface area (Å²) >= 11 is 6.05. The molecule has 0 saturated heterocycles. The van der Waals surface area contributed by atoms with Gasteiger partial charge in [0.1, 0.15) is 5.75 Å². The summed E-state index contributed by atoms with van der Waals surface area (Å²) in [5.74, 6) is 1.63. The van der Waals surface area contributed by atoms with Crippen LogP contribution in [0.4, 0.5) is 0 Å². The third kappa shape index (κ3) is 2.47. The maximum absolute atomic E-state index is 6.06. The van der Waals surface area contributed by atoms with Crippen molar-refractivity contribution in [3.8, 4) is 5.75 Å². The van der Waals surface area contributed by atoms with Crippen LogP contribution in [0, 0.1) is 0 Å². The predicted octanol–water partition coefficient (Wildman–Crippen LogP) is 2.34. The Labute approximate surface area is 110 Å². The molecular formula is C12H14ClN3O2. The molecule has 6 heteroatoms. The van der Waals surface area contributed by atoms with Gasteiger partial charge in [-0.3, -0.25) is 0 Å². The summed E-state index contributed by atoms with van der Waals surface area (Å²) in [5, 5.41) is 4.35. The number of ether oxygens (including phenoxy) is 1. The second kappa shape index (κ2) is 5.37. The van der Waals surface area contributed by atoms with Gasteiger partial charge in [0.2, 0.25) is 5.89 Å². The zero-order valence-electron chi connectivity index (χ0n) is 10.2. The maximum Gasteiger partial charge on any atom is 0.226 e. The van der Waals surface area contributed by atoms with E-state index in [4.69, 9.17) is 26.6 Å². The van der Waals surface area contributed by atoms with E-state index in [0.717, 1.165) is 5.56 Å². The van der Waals surface area contributed by atoms with Crippen molar-refractivity contribution >= 4 is 11.6 Å². The maximum atomic E-state index is 6.06. The van der Waals surface area contributed by atoms with E-state index in [9.17, 15) is 0 Å². The lowest BCUT2D eigenvalue weighted by molar-refractivity contribution is 0.375. The number of halogens is 1. The number of hydrogen-bond donors (Lipinski definition) is 1. The molecule has 1 heterocycles. The number of nitrogens with zero attached hydrogens (tertiary/aromatic N) is 2. The molecule has 0 aliphatic carbocycles. The van der Waals surface area contributed by atoms with Crippen molar-refractivity contribution in [1.82, 2.24) is 10.1 Å². The molecule has 2 aromatic rings. The number of aromatic nitrogens is 2. The molecule has 0 aliphatic heterocycles. The standard InChI is InChI=1S/C12H14ClN3O2/c1-3-10-15-12(16-18-10)11(14)7-4-5-9(17-2)8(13)6-7/h4-6,11H,3,14H2,1-2H3. The van der Waals surface area contributed by atoms with Gasteiger partial charge in [-0.05, 0) is 17.7 Å². The fraction of sp³-hybridized carbons (Fsp3) is 0.333. The first kappa shape index (κ1) is 12.9. The Morgan fingerprint density at radius 2 is 2.28 bits per heavy atom. The van der Waals surface area contributed by atoms with E-state index in [2.05, 4.69) is 10.1 Å². The van der Waals surface area contributed by atoms with Crippen LogP contribution in [0.1, 0.15) is 30.2 Å². The van der Waals surface area contributed by atoms with Gasteiger partial charge in [0, 0.05) is 6.42 Å². The minimum absolute atomic E-state index is 0.452. The van der Waals surface area contributed by atoms with Crippen molar-refractivity contribution in [1.29, 1.82) is 0 Å². The van der Waals surface area contributed by atoms with Crippen molar-refractivity contribution in [2.45, 2.75) is 19.4 Å². The zero-order chi connectivity index (χ0) is 13.1. The number of nitrogens with two attached hydrogens (primary N) is 1. The van der Waals surface area contributed by atoms with E-state index < -0.39 is 6.04 Å². The highest BCUT2D eigenvalue weighted by molar-refractivity contribution is 6.32. The molecule has 1 atom stereocenters. The van der Waals surface area contributed by atoms with E-state index in [-0.39, 0.29) is 0 Å². The van der Waals surface area contributed by atoms with Crippen LogP contribution in [0.15, 0.2) is 22.7 Å². The minimum Gasteiger partial charge on any atom is -0.495 e. The van der Waals surface area contributed by atoms with Gasteiger partial charge in [-0.2, -0.15) is 4.98 Å². The van der Waals surface area contributed by atoms with Gasteiger partial charge in [-0.25, -0.2) is 0 Å². The van der Waals surface area contributed by atoms with E-state index in [1.807, 2.05) is 13.0 Å². The van der Waals surface area contributed by atoms with Crippen LogP contribution in [0.5, 0.6) is 5.75 Å². The Hall–Kier alpha value is -1.59. The van der Waals surface area contributed by atoms with Crippen LogP contribution in [-0.2, 0) is 6.42 Å². The molecule has 0 amide bonds. The second-order valence-electron chi connectivity index (χ2n) is 3.77. The number of aryl methyl sites for hydroxylation is 1. The lowest BCUT2D eigenvalue weighted by atomic mass is 10.1. The molecule has 1 unspecified atom stereocenters. The molecule has 0 radical (unpaired) electrons. The lowest BCUT2D eigenvalue weighted by Gasteiger charge is -2.09. The molecular weight excluding hydrogens is 254 g/mol. The largest absolute Gasteiger partial charge is 0.495 e. The monoisotopic (exact) mass is 267 g/mol. The van der Waals surface area contributed by atoms with Gasteiger partial charge < -0.3 is 15.0 Å². The zero-order valence-corrected chi connectivity index (χ0v) is 10.9. The molecule has 0 aliphatic rings. The van der Waals surface area contributed by atoms with E-state index in [0.29, 0.717) is 28.9 Å². The molecule has 0 saturated carbocycles. The van der Waals surface area contributed by atoms with E-state index >= 15 is 0 Å². The molecule has 5 nitrogen and oxygen atoms in total. The smallest absolute Gasteiger partial charge is 0.226 e. The molecule has 1 aromatic carbocycles. The molecule has 0 fully saturated rings. The minimum atomic E-state index is -0.461. The van der Waals surface area contributed by atoms with Crippen LogP contribution in [0.25, 0.3) is 0 Å². The SMILES string of the molecule is CCc1nc(C(N)c2ccc(OC)c(Cl)c2)no1. The Bertz CT molecular complexity index is 542. The number of rotatable bonds is 4. The summed E-state index contributed by atoms with van der Waals surface area (Å²) in [6.45, 7) is 1.94. The first-order chi connectivity index (χ1) is 8.65. The Morgan fingerprint density at radius 1 is 1.50 bits per heavy atom. The van der Waals surface area contributed by atoms with Gasteiger partial charge >= 0.3 is 0 Å². The highest BCUT2D eigenvalue weighted by atomic mass is 35.5. The second-order valence-corrected chi connectivity index (χ2v) is 4.18. The van der Waals surface area contributed by atoms with Crippen LogP contribution in [0.2, 0.25) is 5.02 Å². The van der Waals surface area contributed by atoms with Gasteiger partial charge in [0.25, 0.3) is 0 Å². The van der Waals surface area contributed by atoms with Crippen molar-refractivity contribution in [2.75, 3.05) is 7.11 Å². The summed E-state index contributed by atoms with van der Waals surface area (Å²) in [6.07, 6.45) is 0.684. The summed E-state index contributed by atoms with van der Waals surface area (Å²) in [4.78, 5) is 4.20. The Kier molecular flexibility index (Phi) is 3.84. The number of benzene rings is 1. The van der Waals surface area contributed by atoms with Gasteiger partial charge in [-0.1, -0.05) is 29.7 Å². The van der Waals surface area contributed by atoms with Crippen LogP contribution >= 0.6 is 11.6 Å². The third-order valence-corrected chi connectivity index (χ3v) is 2.89. The van der Waals surface area contributed by atoms with E-state index in [1.54, 1.807) is 19.2 Å². The molecule has 18 heavy (non-hydrogen) atoms. The summed E-state index contributed by atoms with van der Waals surface area (Å²) in [6, 6.07) is 4.88. The van der Waals surface area contributed by atoms with Crippen LogP contribution in [0.3, 0.4) is 0 Å². The van der Waals surface area contributed by atoms with Gasteiger partial charge in [0.15, 0.2) is 5.82 Å². The summed E-state index contributed by atoms with van der Waals surface area (Å²) in [5.41, 5.74) is 6.87. The van der Waals surface area contributed by atoms with Crippen molar-refractivity contribution in [3.05, 3.63) is 40.5 Å². The Balaban J connectivity index is 2.27. The molecule has 2 N–H and O–H groups in total. The van der Waals surface area contributed by atoms with Crippen molar-refractivity contribution < 1.29 is 9.26 Å². The first-order valence-electron chi connectivity index (χ1n) is 5.57. The molecule has 96 valence electrons. The van der Waals surface area contributed by atoms with Gasteiger partial charge in [0.05, 0.1) is 18.2 Å². The number of hydrogen-bond acceptors (Lipinski definition) is 5. The Morgan fingerprint density at radius 3 is 2.83 bits per heavy atom. The predicted molar refractivity (Wildman–Crippen MR) is 67.7 cm³/mol. The average molecular weight is 268 g/mol. The van der Waals surface area contributed by atoms with Crippen molar-refractivity contribution in [3.63, 3.8) is 0 Å². The molecule has 0 spiro atoms. The highest BCUT2D eigenvalue weighted by Gasteiger charge is 2.16. The number of methoxy groups -OCH3 is 1. The quantitative estimate of drug-likeness (QED) is 0.920. The fourth-order valence-electron chi connectivity index (χ4n) is 1.56. The fourth-order valence-corrected chi connectivity index (χ4v) is 1.83. The molecule has 1 aromatic heterocycles.